The Morgan fingerprint density at radius 1 is 1.31 bits per heavy atom. The highest BCUT2D eigenvalue weighted by atomic mass is 16.1. The van der Waals surface area contributed by atoms with Crippen LogP contribution >= 0.6 is 0 Å². The summed E-state index contributed by atoms with van der Waals surface area (Å²) in [5.41, 5.74) is 0.996. The zero-order valence-electron chi connectivity index (χ0n) is 8.92. The van der Waals surface area contributed by atoms with Crippen LogP contribution in [-0.2, 0) is 4.79 Å². The third-order valence-electron chi connectivity index (χ3n) is 1.22. The molecule has 13 heavy (non-hydrogen) atoms. The summed E-state index contributed by atoms with van der Waals surface area (Å²) in [6.07, 6.45) is 9.97. The molecule has 0 aliphatic carbocycles. The summed E-state index contributed by atoms with van der Waals surface area (Å²) in [5, 5.41) is 0. The first-order valence-electron chi connectivity index (χ1n) is 4.72. The molecule has 0 aliphatic rings. The Hall–Kier alpha value is -1.11. The molecule has 0 aromatic carbocycles. The van der Waals surface area contributed by atoms with E-state index in [1.807, 2.05) is 45.1 Å². The Balaban J connectivity index is 0. The van der Waals surface area contributed by atoms with Crippen molar-refractivity contribution in [3.63, 3.8) is 0 Å². The van der Waals surface area contributed by atoms with E-state index in [2.05, 4.69) is 6.58 Å². The Labute approximate surface area is 81.9 Å². The Bertz CT molecular complexity index is 176. The number of rotatable bonds is 5. The van der Waals surface area contributed by atoms with Crippen molar-refractivity contribution in [3.8, 4) is 0 Å². The topological polar surface area (TPSA) is 17.1 Å². The molecule has 0 radical (unpaired) electrons. The summed E-state index contributed by atoms with van der Waals surface area (Å²) in [6, 6.07) is 0. The number of hydrogen-bond acceptors (Lipinski definition) is 1. The van der Waals surface area contributed by atoms with E-state index in [0.717, 1.165) is 18.3 Å². The molecule has 0 unspecified atom stereocenters. The summed E-state index contributed by atoms with van der Waals surface area (Å²) < 4.78 is 0. The van der Waals surface area contributed by atoms with E-state index in [4.69, 9.17) is 0 Å². The van der Waals surface area contributed by atoms with Crippen LogP contribution in [0.25, 0.3) is 0 Å². The molecule has 0 aliphatic heterocycles. The van der Waals surface area contributed by atoms with Crippen molar-refractivity contribution in [3.05, 3.63) is 36.5 Å². The van der Waals surface area contributed by atoms with Gasteiger partial charge < -0.3 is 4.79 Å². The van der Waals surface area contributed by atoms with Crippen molar-refractivity contribution in [1.82, 2.24) is 0 Å². The number of carbonyl (C=O) groups is 1. The predicted octanol–water partition coefficient (Wildman–Crippen LogP) is 3.68. The molecule has 0 atom stereocenters. The predicted molar refractivity (Wildman–Crippen MR) is 59.7 cm³/mol. The van der Waals surface area contributed by atoms with Crippen LogP contribution in [0.1, 0.15) is 33.6 Å². The van der Waals surface area contributed by atoms with Gasteiger partial charge in [-0.2, -0.15) is 0 Å². The monoisotopic (exact) mass is 180 g/mol. The van der Waals surface area contributed by atoms with Crippen LogP contribution in [0.2, 0.25) is 0 Å². The number of carbonyl (C=O) groups excluding carboxylic acids is 1. The summed E-state index contributed by atoms with van der Waals surface area (Å²) in [4.78, 5) is 9.96. The molecule has 0 fully saturated rings. The highest BCUT2D eigenvalue weighted by molar-refractivity contribution is 5.50. The second-order valence-electron chi connectivity index (χ2n) is 2.25. The maximum atomic E-state index is 9.96. The van der Waals surface area contributed by atoms with Crippen molar-refractivity contribution < 1.29 is 4.79 Å². The minimum Gasteiger partial charge on any atom is -0.303 e. The molecule has 0 rings (SSSR count). The minimum absolute atomic E-state index is 0.568. The van der Waals surface area contributed by atoms with Gasteiger partial charge in [-0.25, -0.2) is 0 Å². The molecule has 0 spiro atoms. The summed E-state index contributed by atoms with van der Waals surface area (Å²) in [5.74, 6) is 0. The van der Waals surface area contributed by atoms with Crippen molar-refractivity contribution in [2.24, 2.45) is 0 Å². The summed E-state index contributed by atoms with van der Waals surface area (Å²) in [6.45, 7) is 9.74. The summed E-state index contributed by atoms with van der Waals surface area (Å²) >= 11 is 0. The molecule has 0 N–H and O–H groups in total. The fourth-order valence-corrected chi connectivity index (χ4v) is 0.630. The number of hydrogen-bond donors (Lipinski definition) is 0. The molecule has 0 heterocycles. The average molecular weight is 180 g/mol. The maximum absolute atomic E-state index is 9.96. The van der Waals surface area contributed by atoms with Gasteiger partial charge in [-0.15, -0.1) is 0 Å². The maximum Gasteiger partial charge on any atom is 0.120 e. The van der Waals surface area contributed by atoms with Gasteiger partial charge >= 0.3 is 0 Å². The van der Waals surface area contributed by atoms with Crippen LogP contribution in [0.4, 0.5) is 0 Å². The minimum atomic E-state index is 0.568. The highest BCUT2D eigenvalue weighted by Gasteiger charge is 1.85. The smallest absolute Gasteiger partial charge is 0.120 e. The molecule has 0 aromatic heterocycles. The van der Waals surface area contributed by atoms with E-state index >= 15 is 0 Å². The highest BCUT2D eigenvalue weighted by Crippen LogP contribution is 2.01. The molecule has 74 valence electrons. The second-order valence-corrected chi connectivity index (χ2v) is 2.25. The lowest BCUT2D eigenvalue weighted by Crippen LogP contribution is -1.77. The van der Waals surface area contributed by atoms with Crippen LogP contribution in [-0.4, -0.2) is 6.29 Å². The first kappa shape index (κ1) is 14.4. The molecular formula is C12H20O. The fraction of sp³-hybridized carbons (Fsp3) is 0.417. The van der Waals surface area contributed by atoms with Gasteiger partial charge in [-0.1, -0.05) is 50.3 Å². The van der Waals surface area contributed by atoms with E-state index in [-0.39, 0.29) is 0 Å². The Kier molecular flexibility index (Phi) is 14.9. The van der Waals surface area contributed by atoms with E-state index in [1.54, 1.807) is 0 Å². The van der Waals surface area contributed by atoms with Gasteiger partial charge in [0.1, 0.15) is 6.29 Å². The third-order valence-corrected chi connectivity index (χ3v) is 1.22. The number of aldehydes is 1. The SMILES string of the molecule is C=C(/C=C\C=C/C)CCC=O.CC. The van der Waals surface area contributed by atoms with Gasteiger partial charge in [0, 0.05) is 6.42 Å². The molecular weight excluding hydrogens is 160 g/mol. The fourth-order valence-electron chi connectivity index (χ4n) is 0.630. The number of allylic oxidation sites excluding steroid dienone is 5. The largest absolute Gasteiger partial charge is 0.303 e. The van der Waals surface area contributed by atoms with E-state index < -0.39 is 0 Å². The van der Waals surface area contributed by atoms with Crippen LogP contribution in [0.3, 0.4) is 0 Å². The van der Waals surface area contributed by atoms with Crippen LogP contribution in [0, 0.1) is 0 Å². The zero-order valence-corrected chi connectivity index (χ0v) is 8.92. The average Bonchev–Trinajstić information content (AvgIpc) is 2.18. The lowest BCUT2D eigenvalue weighted by atomic mass is 10.1. The van der Waals surface area contributed by atoms with Crippen LogP contribution in [0.15, 0.2) is 36.5 Å². The first-order valence-corrected chi connectivity index (χ1v) is 4.72. The molecule has 0 amide bonds. The van der Waals surface area contributed by atoms with Crippen molar-refractivity contribution in [2.45, 2.75) is 33.6 Å². The standard InChI is InChI=1S/C10H14O.C2H6/c1-3-4-5-7-10(2)8-6-9-11;1-2/h3-5,7,9H,2,6,8H2,1H3;1-2H3/b4-3-,7-5-;. The van der Waals surface area contributed by atoms with Gasteiger partial charge in [-0.3, -0.25) is 0 Å². The van der Waals surface area contributed by atoms with E-state index in [9.17, 15) is 4.79 Å². The van der Waals surface area contributed by atoms with Crippen molar-refractivity contribution in [2.75, 3.05) is 0 Å². The Morgan fingerprint density at radius 3 is 2.38 bits per heavy atom. The normalized spacial score (nSPS) is 9.77. The van der Waals surface area contributed by atoms with Gasteiger partial charge in [0.05, 0.1) is 0 Å². The summed E-state index contributed by atoms with van der Waals surface area (Å²) in [7, 11) is 0. The quantitative estimate of drug-likeness (QED) is 0.466. The van der Waals surface area contributed by atoms with E-state index in [1.165, 1.54) is 0 Å². The van der Waals surface area contributed by atoms with Gasteiger partial charge in [0.25, 0.3) is 0 Å². The van der Waals surface area contributed by atoms with Gasteiger partial charge in [0.2, 0.25) is 0 Å². The van der Waals surface area contributed by atoms with Crippen molar-refractivity contribution in [1.29, 1.82) is 0 Å². The van der Waals surface area contributed by atoms with Crippen LogP contribution < -0.4 is 0 Å². The lowest BCUT2D eigenvalue weighted by molar-refractivity contribution is -0.107. The lowest BCUT2D eigenvalue weighted by Gasteiger charge is -1.91. The third kappa shape index (κ3) is 13.8. The molecule has 1 heteroatoms. The molecule has 0 bridgehead atoms. The Morgan fingerprint density at radius 2 is 1.92 bits per heavy atom. The second kappa shape index (κ2) is 13.5. The van der Waals surface area contributed by atoms with Gasteiger partial charge in [-0.05, 0) is 13.3 Å². The first-order chi connectivity index (χ1) is 6.31. The van der Waals surface area contributed by atoms with Crippen LogP contribution in [0.5, 0.6) is 0 Å². The molecule has 1 nitrogen and oxygen atoms in total. The molecule has 0 saturated heterocycles. The van der Waals surface area contributed by atoms with E-state index in [0.29, 0.717) is 6.42 Å². The van der Waals surface area contributed by atoms with Crippen molar-refractivity contribution >= 4 is 6.29 Å². The molecule has 0 saturated carbocycles. The zero-order chi connectivity index (χ0) is 10.5. The van der Waals surface area contributed by atoms with Gasteiger partial charge in [0.15, 0.2) is 0 Å². The molecule has 0 aromatic rings.